The maximum atomic E-state index is 12.6. The van der Waals surface area contributed by atoms with Crippen molar-refractivity contribution in [2.75, 3.05) is 5.32 Å². The van der Waals surface area contributed by atoms with Gasteiger partial charge in [-0.25, -0.2) is 13.1 Å². The molecule has 27 heavy (non-hydrogen) atoms. The second-order valence-electron chi connectivity index (χ2n) is 7.55. The number of nitrogens with one attached hydrogen (secondary N) is 2. The molecule has 2 aromatic carbocycles. The number of rotatable bonds is 6. The van der Waals surface area contributed by atoms with Gasteiger partial charge in [0.1, 0.15) is 0 Å². The lowest BCUT2D eigenvalue weighted by molar-refractivity contribution is -0.116. The first-order chi connectivity index (χ1) is 12.5. The van der Waals surface area contributed by atoms with E-state index in [1.807, 2.05) is 30.3 Å². The van der Waals surface area contributed by atoms with Gasteiger partial charge in [0.05, 0.1) is 4.90 Å². The molecule has 7 heteroatoms. The minimum absolute atomic E-state index is 0.0979. The highest BCUT2D eigenvalue weighted by molar-refractivity contribution is 7.89. The minimum Gasteiger partial charge on any atom is -0.326 e. The summed E-state index contributed by atoms with van der Waals surface area (Å²) in [5.74, 6) is -0.271. The summed E-state index contributed by atoms with van der Waals surface area (Å²) in [6.07, 6.45) is 0.0979. The molecule has 2 aromatic rings. The van der Waals surface area contributed by atoms with Crippen molar-refractivity contribution in [3.63, 3.8) is 0 Å². The van der Waals surface area contributed by atoms with Crippen LogP contribution in [0.5, 0.6) is 0 Å². The Labute approximate surface area is 161 Å². The number of anilines is 1. The molecular weight excluding hydrogens is 362 g/mol. The van der Waals surface area contributed by atoms with Crippen LogP contribution in [0.25, 0.3) is 0 Å². The Kier molecular flexibility index (Phi) is 6.41. The third-order valence-corrected chi connectivity index (χ3v) is 5.82. The van der Waals surface area contributed by atoms with E-state index in [4.69, 9.17) is 5.73 Å². The van der Waals surface area contributed by atoms with Crippen LogP contribution in [0.4, 0.5) is 5.69 Å². The zero-order chi connectivity index (χ0) is 20.2. The van der Waals surface area contributed by atoms with Crippen LogP contribution >= 0.6 is 0 Å². The Hall–Kier alpha value is -2.22. The van der Waals surface area contributed by atoms with Gasteiger partial charge in [0.15, 0.2) is 0 Å². The van der Waals surface area contributed by atoms with E-state index in [9.17, 15) is 13.2 Å². The van der Waals surface area contributed by atoms with E-state index in [-0.39, 0.29) is 17.2 Å². The maximum absolute atomic E-state index is 12.6. The molecule has 0 heterocycles. The quantitative estimate of drug-likeness (QED) is 0.706. The van der Waals surface area contributed by atoms with Crippen molar-refractivity contribution in [2.24, 2.45) is 5.73 Å². The van der Waals surface area contributed by atoms with Gasteiger partial charge in [0.25, 0.3) is 0 Å². The third-order valence-electron chi connectivity index (χ3n) is 3.92. The van der Waals surface area contributed by atoms with Gasteiger partial charge in [-0.2, -0.15) is 0 Å². The van der Waals surface area contributed by atoms with Gasteiger partial charge in [-0.15, -0.1) is 0 Å². The number of carbonyl (C=O) groups excluding carboxylic acids is 1. The number of hydrogen-bond donors (Lipinski definition) is 3. The Morgan fingerprint density at radius 1 is 1.07 bits per heavy atom. The standard InChI is InChI=1S/C20H27N3O3S/c1-14-17(11-8-12-18(14)27(25,26)23-20(2,3)4)22-19(24)13-16(21)15-9-6-5-7-10-15/h5-12,16,23H,13,21H2,1-4H3,(H,22,24). The molecule has 0 spiro atoms. The van der Waals surface area contributed by atoms with Crippen LogP contribution in [-0.2, 0) is 14.8 Å². The predicted molar refractivity (Wildman–Crippen MR) is 108 cm³/mol. The molecule has 2 rings (SSSR count). The highest BCUT2D eigenvalue weighted by atomic mass is 32.2. The molecule has 1 atom stereocenters. The van der Waals surface area contributed by atoms with Crippen LogP contribution < -0.4 is 15.8 Å². The predicted octanol–water partition coefficient (Wildman–Crippen LogP) is 3.10. The summed E-state index contributed by atoms with van der Waals surface area (Å²) < 4.78 is 27.9. The Morgan fingerprint density at radius 2 is 1.70 bits per heavy atom. The van der Waals surface area contributed by atoms with E-state index in [1.165, 1.54) is 6.07 Å². The second kappa shape index (κ2) is 8.21. The third kappa shape index (κ3) is 5.89. The molecular formula is C20H27N3O3S. The van der Waals surface area contributed by atoms with Crippen molar-refractivity contribution in [2.45, 2.75) is 50.6 Å². The number of sulfonamides is 1. The van der Waals surface area contributed by atoms with Crippen LogP contribution in [0.2, 0.25) is 0 Å². The van der Waals surface area contributed by atoms with Gasteiger partial charge < -0.3 is 11.1 Å². The molecule has 0 aliphatic heterocycles. The number of amides is 1. The lowest BCUT2D eigenvalue weighted by Crippen LogP contribution is -2.40. The van der Waals surface area contributed by atoms with Crippen LogP contribution in [0.3, 0.4) is 0 Å². The largest absolute Gasteiger partial charge is 0.326 e. The fourth-order valence-electron chi connectivity index (χ4n) is 2.72. The summed E-state index contributed by atoms with van der Waals surface area (Å²) in [6, 6.07) is 13.7. The van der Waals surface area contributed by atoms with Crippen LogP contribution in [0.1, 0.15) is 44.4 Å². The molecule has 0 saturated heterocycles. The number of benzene rings is 2. The van der Waals surface area contributed by atoms with Gasteiger partial charge in [0, 0.05) is 23.7 Å². The van der Waals surface area contributed by atoms with E-state index in [2.05, 4.69) is 10.0 Å². The molecule has 1 unspecified atom stereocenters. The summed E-state index contributed by atoms with van der Waals surface area (Å²) in [5.41, 5.74) is 7.29. The summed E-state index contributed by atoms with van der Waals surface area (Å²) in [7, 11) is -3.70. The van der Waals surface area contributed by atoms with E-state index >= 15 is 0 Å². The van der Waals surface area contributed by atoms with E-state index in [1.54, 1.807) is 39.8 Å². The average Bonchev–Trinajstić information content (AvgIpc) is 2.55. The maximum Gasteiger partial charge on any atom is 0.241 e. The molecule has 0 aliphatic rings. The van der Waals surface area contributed by atoms with Gasteiger partial charge >= 0.3 is 0 Å². The van der Waals surface area contributed by atoms with Gasteiger partial charge in [0.2, 0.25) is 15.9 Å². The molecule has 4 N–H and O–H groups in total. The van der Waals surface area contributed by atoms with Crippen LogP contribution in [0, 0.1) is 6.92 Å². The van der Waals surface area contributed by atoms with E-state index in [0.717, 1.165) is 5.56 Å². The second-order valence-corrected chi connectivity index (χ2v) is 9.20. The molecule has 1 amide bonds. The fourth-order valence-corrected chi connectivity index (χ4v) is 4.41. The molecule has 6 nitrogen and oxygen atoms in total. The van der Waals surface area contributed by atoms with Crippen LogP contribution in [-0.4, -0.2) is 19.9 Å². The summed E-state index contributed by atoms with van der Waals surface area (Å²) in [6.45, 7) is 6.99. The minimum atomic E-state index is -3.70. The highest BCUT2D eigenvalue weighted by Gasteiger charge is 2.24. The lowest BCUT2D eigenvalue weighted by atomic mass is 10.0. The smallest absolute Gasteiger partial charge is 0.241 e. The monoisotopic (exact) mass is 389 g/mol. The number of nitrogens with two attached hydrogens (primary N) is 1. The Balaban J connectivity index is 2.17. The van der Waals surface area contributed by atoms with Gasteiger partial charge in [-0.05, 0) is 51.0 Å². The number of hydrogen-bond acceptors (Lipinski definition) is 4. The van der Waals surface area contributed by atoms with E-state index < -0.39 is 21.6 Å². The molecule has 0 fully saturated rings. The topological polar surface area (TPSA) is 101 Å². The molecule has 146 valence electrons. The average molecular weight is 390 g/mol. The molecule has 0 aliphatic carbocycles. The SMILES string of the molecule is Cc1c(NC(=O)CC(N)c2ccccc2)cccc1S(=O)(=O)NC(C)(C)C. The van der Waals surface area contributed by atoms with E-state index in [0.29, 0.717) is 11.3 Å². The zero-order valence-electron chi connectivity index (χ0n) is 16.1. The van der Waals surface area contributed by atoms with Gasteiger partial charge in [-0.3, -0.25) is 4.79 Å². The van der Waals surface area contributed by atoms with Crippen LogP contribution in [0.15, 0.2) is 53.4 Å². The first-order valence-corrected chi connectivity index (χ1v) is 10.2. The molecule has 0 radical (unpaired) electrons. The zero-order valence-corrected chi connectivity index (χ0v) is 16.9. The van der Waals surface area contributed by atoms with Crippen molar-refractivity contribution in [1.82, 2.24) is 4.72 Å². The van der Waals surface area contributed by atoms with Crippen molar-refractivity contribution in [3.8, 4) is 0 Å². The molecule has 0 aromatic heterocycles. The Bertz CT molecular complexity index is 904. The summed E-state index contributed by atoms with van der Waals surface area (Å²) in [4.78, 5) is 12.5. The highest BCUT2D eigenvalue weighted by Crippen LogP contribution is 2.25. The van der Waals surface area contributed by atoms with Gasteiger partial charge in [-0.1, -0.05) is 36.4 Å². The van der Waals surface area contributed by atoms with Crippen molar-refractivity contribution in [1.29, 1.82) is 0 Å². The fraction of sp³-hybridized carbons (Fsp3) is 0.350. The molecule has 0 saturated carbocycles. The summed E-state index contributed by atoms with van der Waals surface area (Å²) in [5, 5.41) is 2.78. The number of carbonyl (C=O) groups is 1. The first kappa shape index (κ1) is 21.1. The van der Waals surface area contributed by atoms with Crippen molar-refractivity contribution >= 4 is 21.6 Å². The van der Waals surface area contributed by atoms with Crippen molar-refractivity contribution in [3.05, 3.63) is 59.7 Å². The Morgan fingerprint density at radius 3 is 2.30 bits per heavy atom. The van der Waals surface area contributed by atoms with Crippen molar-refractivity contribution < 1.29 is 13.2 Å². The molecule has 0 bridgehead atoms. The normalized spacial score (nSPS) is 13.2. The summed E-state index contributed by atoms with van der Waals surface area (Å²) >= 11 is 0. The first-order valence-electron chi connectivity index (χ1n) is 8.73. The lowest BCUT2D eigenvalue weighted by Gasteiger charge is -2.22.